The molecule has 5 heteroatoms. The van der Waals surface area contributed by atoms with Gasteiger partial charge in [0.25, 0.3) is 5.91 Å². The Balaban J connectivity index is 1.82. The van der Waals surface area contributed by atoms with Gasteiger partial charge in [0.2, 0.25) is 0 Å². The molecule has 0 aromatic heterocycles. The van der Waals surface area contributed by atoms with Crippen LogP contribution in [0.3, 0.4) is 0 Å². The van der Waals surface area contributed by atoms with E-state index in [1.54, 1.807) is 0 Å². The van der Waals surface area contributed by atoms with Gasteiger partial charge < -0.3 is 14.2 Å². The zero-order chi connectivity index (χ0) is 16.8. The second-order valence-electron chi connectivity index (χ2n) is 7.70. The molecule has 1 atom stereocenters. The van der Waals surface area contributed by atoms with Crippen LogP contribution in [0, 0.1) is 0 Å². The fourth-order valence-electron chi connectivity index (χ4n) is 3.20. The normalized spacial score (nSPS) is 25.9. The van der Waals surface area contributed by atoms with Crippen LogP contribution in [0.5, 0.6) is 0 Å². The van der Waals surface area contributed by atoms with E-state index in [4.69, 9.17) is 9.31 Å². The van der Waals surface area contributed by atoms with Crippen molar-refractivity contribution in [2.75, 3.05) is 6.54 Å². The van der Waals surface area contributed by atoms with Gasteiger partial charge in [0.15, 0.2) is 0 Å². The molecule has 0 spiro atoms. The number of rotatable bonds is 2. The number of likely N-dealkylation sites (tertiary alicyclic amines) is 1. The topological polar surface area (TPSA) is 38.8 Å². The van der Waals surface area contributed by atoms with E-state index in [0.717, 1.165) is 24.8 Å². The monoisotopic (exact) mass is 315 g/mol. The molecule has 3 rings (SSSR count). The molecule has 124 valence electrons. The number of nitrogens with zero attached hydrogens (tertiary/aromatic N) is 1. The minimum atomic E-state index is -0.427. The lowest BCUT2D eigenvalue weighted by Crippen LogP contribution is -2.41. The lowest BCUT2D eigenvalue weighted by Gasteiger charge is -2.32. The van der Waals surface area contributed by atoms with Gasteiger partial charge in [-0.3, -0.25) is 4.79 Å². The molecule has 2 aliphatic rings. The van der Waals surface area contributed by atoms with Gasteiger partial charge in [-0.1, -0.05) is 12.1 Å². The molecular weight excluding hydrogens is 289 g/mol. The third-order valence-electron chi connectivity index (χ3n) is 5.47. The van der Waals surface area contributed by atoms with E-state index in [0.29, 0.717) is 11.6 Å². The number of carbonyl (C=O) groups is 1. The highest BCUT2D eigenvalue weighted by molar-refractivity contribution is 6.62. The van der Waals surface area contributed by atoms with Crippen LogP contribution in [-0.4, -0.2) is 41.7 Å². The second-order valence-corrected chi connectivity index (χ2v) is 7.70. The Morgan fingerprint density at radius 3 is 2.43 bits per heavy atom. The Morgan fingerprint density at radius 1 is 1.22 bits per heavy atom. The maximum Gasteiger partial charge on any atom is 0.494 e. The van der Waals surface area contributed by atoms with Crippen molar-refractivity contribution < 1.29 is 14.1 Å². The second kappa shape index (κ2) is 5.64. The summed E-state index contributed by atoms with van der Waals surface area (Å²) in [6, 6.07) is 7.99. The molecule has 1 aromatic rings. The van der Waals surface area contributed by atoms with Crippen LogP contribution in [0.2, 0.25) is 0 Å². The minimum absolute atomic E-state index is 0.105. The quantitative estimate of drug-likeness (QED) is 0.788. The van der Waals surface area contributed by atoms with Crippen molar-refractivity contribution in [3.05, 3.63) is 29.8 Å². The minimum Gasteiger partial charge on any atom is -0.399 e. The zero-order valence-corrected chi connectivity index (χ0v) is 14.8. The Hall–Kier alpha value is -1.33. The molecule has 0 aliphatic carbocycles. The molecule has 0 radical (unpaired) electrons. The summed E-state index contributed by atoms with van der Waals surface area (Å²) >= 11 is 0. The lowest BCUT2D eigenvalue weighted by atomic mass is 9.78. The van der Waals surface area contributed by atoms with Gasteiger partial charge in [-0.05, 0) is 65.1 Å². The van der Waals surface area contributed by atoms with E-state index < -0.39 is 7.12 Å². The molecule has 0 bridgehead atoms. The molecule has 0 N–H and O–H groups in total. The average Bonchev–Trinajstić information content (AvgIpc) is 2.99. The van der Waals surface area contributed by atoms with Crippen molar-refractivity contribution in [1.29, 1.82) is 0 Å². The van der Waals surface area contributed by atoms with Crippen molar-refractivity contribution in [2.45, 2.75) is 64.7 Å². The largest absolute Gasteiger partial charge is 0.494 e. The van der Waals surface area contributed by atoms with Crippen LogP contribution >= 0.6 is 0 Å². The fourth-order valence-corrected chi connectivity index (χ4v) is 3.20. The summed E-state index contributed by atoms with van der Waals surface area (Å²) in [6.07, 6.45) is 2.17. The van der Waals surface area contributed by atoms with Crippen molar-refractivity contribution >= 4 is 18.5 Å². The van der Waals surface area contributed by atoms with Crippen molar-refractivity contribution in [2.24, 2.45) is 0 Å². The lowest BCUT2D eigenvalue weighted by molar-refractivity contribution is 0.00578. The van der Waals surface area contributed by atoms with Crippen LogP contribution in [-0.2, 0) is 9.31 Å². The van der Waals surface area contributed by atoms with Crippen LogP contribution in [0.15, 0.2) is 24.3 Å². The van der Waals surface area contributed by atoms with Crippen molar-refractivity contribution in [3.63, 3.8) is 0 Å². The van der Waals surface area contributed by atoms with E-state index in [1.807, 2.05) is 56.9 Å². The SMILES string of the molecule is C[C@H]1CCCN1C(=O)c1cccc(B2OC(C)(C)C(C)(C)O2)c1. The molecule has 2 fully saturated rings. The summed E-state index contributed by atoms with van der Waals surface area (Å²) in [6.45, 7) is 11.1. The summed E-state index contributed by atoms with van der Waals surface area (Å²) < 4.78 is 12.2. The maximum atomic E-state index is 12.7. The Labute approximate surface area is 139 Å². The average molecular weight is 315 g/mol. The summed E-state index contributed by atoms with van der Waals surface area (Å²) in [4.78, 5) is 14.7. The van der Waals surface area contributed by atoms with Gasteiger partial charge >= 0.3 is 7.12 Å². The van der Waals surface area contributed by atoms with Crippen LogP contribution in [0.25, 0.3) is 0 Å². The Kier molecular flexibility index (Phi) is 4.05. The maximum absolute atomic E-state index is 12.7. The molecule has 2 aliphatic heterocycles. The van der Waals surface area contributed by atoms with Crippen LogP contribution in [0.1, 0.15) is 57.8 Å². The highest BCUT2D eigenvalue weighted by Gasteiger charge is 2.51. The van der Waals surface area contributed by atoms with Crippen molar-refractivity contribution in [3.8, 4) is 0 Å². The molecule has 1 aromatic carbocycles. The zero-order valence-electron chi connectivity index (χ0n) is 14.8. The third-order valence-corrected chi connectivity index (χ3v) is 5.47. The van der Waals surface area contributed by atoms with E-state index in [9.17, 15) is 4.79 Å². The fraction of sp³-hybridized carbons (Fsp3) is 0.611. The van der Waals surface area contributed by atoms with Crippen LogP contribution < -0.4 is 5.46 Å². The number of amides is 1. The van der Waals surface area contributed by atoms with Gasteiger partial charge in [0.1, 0.15) is 0 Å². The molecule has 2 saturated heterocycles. The van der Waals surface area contributed by atoms with Gasteiger partial charge in [0.05, 0.1) is 11.2 Å². The predicted molar refractivity (Wildman–Crippen MR) is 91.9 cm³/mol. The smallest absolute Gasteiger partial charge is 0.399 e. The molecule has 0 saturated carbocycles. The Morgan fingerprint density at radius 2 is 1.87 bits per heavy atom. The first-order chi connectivity index (χ1) is 10.7. The predicted octanol–water partition coefficient (Wildman–Crippen LogP) is 2.61. The first-order valence-electron chi connectivity index (χ1n) is 8.48. The summed E-state index contributed by atoms with van der Waals surface area (Å²) in [5, 5.41) is 0. The van der Waals surface area contributed by atoms with Gasteiger partial charge in [0, 0.05) is 18.2 Å². The number of benzene rings is 1. The van der Waals surface area contributed by atoms with Gasteiger partial charge in [-0.25, -0.2) is 0 Å². The van der Waals surface area contributed by atoms with E-state index in [1.165, 1.54) is 0 Å². The first kappa shape index (κ1) is 16.5. The van der Waals surface area contributed by atoms with E-state index >= 15 is 0 Å². The number of carbonyl (C=O) groups excluding carboxylic acids is 1. The van der Waals surface area contributed by atoms with Gasteiger partial charge in [-0.2, -0.15) is 0 Å². The summed E-state index contributed by atoms with van der Waals surface area (Å²) in [5.41, 5.74) is 0.870. The molecule has 4 nitrogen and oxygen atoms in total. The summed E-state index contributed by atoms with van der Waals surface area (Å²) in [5.74, 6) is 0.105. The molecule has 23 heavy (non-hydrogen) atoms. The molecule has 0 unspecified atom stereocenters. The highest BCUT2D eigenvalue weighted by Crippen LogP contribution is 2.36. The van der Waals surface area contributed by atoms with Gasteiger partial charge in [-0.15, -0.1) is 0 Å². The van der Waals surface area contributed by atoms with Crippen LogP contribution in [0.4, 0.5) is 0 Å². The Bertz CT molecular complexity index is 598. The number of hydrogen-bond acceptors (Lipinski definition) is 3. The summed E-state index contributed by atoms with van der Waals surface area (Å²) in [7, 11) is -0.427. The van der Waals surface area contributed by atoms with Crippen molar-refractivity contribution in [1.82, 2.24) is 4.90 Å². The molecule has 2 heterocycles. The highest BCUT2D eigenvalue weighted by atomic mass is 16.7. The standard InChI is InChI=1S/C18H26BNO3/c1-13-8-7-11-20(13)16(21)14-9-6-10-15(12-14)19-22-17(2,3)18(4,5)23-19/h6,9-10,12-13H,7-8,11H2,1-5H3/t13-/m0/s1. The third kappa shape index (κ3) is 2.92. The molecular formula is C18H26BNO3. The number of hydrogen-bond donors (Lipinski definition) is 0. The van der Waals surface area contributed by atoms with E-state index in [-0.39, 0.29) is 17.1 Å². The first-order valence-corrected chi connectivity index (χ1v) is 8.48. The molecule has 1 amide bonds. The van der Waals surface area contributed by atoms with E-state index in [2.05, 4.69) is 6.92 Å².